The van der Waals surface area contributed by atoms with E-state index in [-0.39, 0.29) is 11.9 Å². The predicted octanol–water partition coefficient (Wildman–Crippen LogP) is 2.42. The Morgan fingerprint density at radius 2 is 2.28 bits per heavy atom. The van der Waals surface area contributed by atoms with E-state index in [2.05, 4.69) is 31.6 Å². The lowest BCUT2D eigenvalue weighted by molar-refractivity contribution is 0.528. The minimum Gasteiger partial charge on any atom is -0.305 e. The van der Waals surface area contributed by atoms with Crippen LogP contribution < -0.4 is 5.32 Å². The van der Waals surface area contributed by atoms with Crippen molar-refractivity contribution in [3.8, 4) is 0 Å². The van der Waals surface area contributed by atoms with Gasteiger partial charge < -0.3 is 5.32 Å². The van der Waals surface area contributed by atoms with Gasteiger partial charge in [-0.15, -0.1) is 5.10 Å². The SMILES string of the molecule is CCNC(c1c(F)cccc1Br)c1cnnn1C. The summed E-state index contributed by atoms with van der Waals surface area (Å²) in [5.74, 6) is -0.253. The van der Waals surface area contributed by atoms with Crippen molar-refractivity contribution in [3.05, 3.63) is 45.9 Å². The first-order valence-corrected chi connectivity index (χ1v) is 6.46. The van der Waals surface area contributed by atoms with Crippen LogP contribution in [0, 0.1) is 5.82 Å². The molecule has 96 valence electrons. The minimum atomic E-state index is -0.273. The molecule has 0 spiro atoms. The highest BCUT2D eigenvalue weighted by molar-refractivity contribution is 9.10. The lowest BCUT2D eigenvalue weighted by Gasteiger charge is -2.20. The second-order valence-electron chi connectivity index (χ2n) is 3.91. The predicted molar refractivity (Wildman–Crippen MR) is 70.6 cm³/mol. The van der Waals surface area contributed by atoms with Gasteiger partial charge >= 0.3 is 0 Å². The molecule has 6 heteroatoms. The van der Waals surface area contributed by atoms with E-state index < -0.39 is 0 Å². The maximum absolute atomic E-state index is 14.0. The Morgan fingerprint density at radius 1 is 1.50 bits per heavy atom. The summed E-state index contributed by atoms with van der Waals surface area (Å²) in [6.07, 6.45) is 1.65. The molecule has 18 heavy (non-hydrogen) atoms. The second-order valence-corrected chi connectivity index (χ2v) is 4.76. The van der Waals surface area contributed by atoms with Crippen LogP contribution in [0.4, 0.5) is 4.39 Å². The molecule has 1 N–H and O–H groups in total. The zero-order valence-corrected chi connectivity index (χ0v) is 11.8. The fraction of sp³-hybridized carbons (Fsp3) is 0.333. The van der Waals surface area contributed by atoms with Crippen molar-refractivity contribution in [1.29, 1.82) is 0 Å². The van der Waals surface area contributed by atoms with Crippen molar-refractivity contribution in [2.75, 3.05) is 6.54 Å². The van der Waals surface area contributed by atoms with Gasteiger partial charge in [-0.25, -0.2) is 4.39 Å². The van der Waals surface area contributed by atoms with Crippen LogP contribution >= 0.6 is 15.9 Å². The van der Waals surface area contributed by atoms with E-state index in [4.69, 9.17) is 0 Å². The monoisotopic (exact) mass is 312 g/mol. The maximum Gasteiger partial charge on any atom is 0.129 e. The van der Waals surface area contributed by atoms with Crippen molar-refractivity contribution in [2.45, 2.75) is 13.0 Å². The number of aromatic nitrogens is 3. The molecule has 0 saturated heterocycles. The topological polar surface area (TPSA) is 42.7 Å². The Bertz CT molecular complexity index is 520. The number of rotatable bonds is 4. The summed E-state index contributed by atoms with van der Waals surface area (Å²) in [6, 6.07) is 4.68. The van der Waals surface area contributed by atoms with Gasteiger partial charge in [-0.05, 0) is 18.7 Å². The lowest BCUT2D eigenvalue weighted by atomic mass is 10.0. The van der Waals surface area contributed by atoms with E-state index in [9.17, 15) is 4.39 Å². The summed E-state index contributed by atoms with van der Waals surface area (Å²) in [5, 5.41) is 11.0. The first kappa shape index (κ1) is 13.2. The van der Waals surface area contributed by atoms with Crippen LogP contribution in [0.5, 0.6) is 0 Å². The molecular weight excluding hydrogens is 299 g/mol. The molecule has 0 radical (unpaired) electrons. The molecule has 0 aliphatic heterocycles. The molecule has 1 aromatic carbocycles. The summed E-state index contributed by atoms with van der Waals surface area (Å²) in [4.78, 5) is 0. The van der Waals surface area contributed by atoms with Gasteiger partial charge in [0.05, 0.1) is 17.9 Å². The fourth-order valence-electron chi connectivity index (χ4n) is 1.90. The Labute approximate surface area is 113 Å². The molecule has 0 saturated carbocycles. The number of nitrogens with one attached hydrogen (secondary N) is 1. The highest BCUT2D eigenvalue weighted by atomic mass is 79.9. The molecule has 1 unspecified atom stereocenters. The van der Waals surface area contributed by atoms with Crippen molar-refractivity contribution in [1.82, 2.24) is 20.3 Å². The average molecular weight is 313 g/mol. The van der Waals surface area contributed by atoms with Crippen LogP contribution in [0.3, 0.4) is 0 Å². The smallest absolute Gasteiger partial charge is 0.129 e. The van der Waals surface area contributed by atoms with E-state index in [0.717, 1.165) is 16.7 Å². The third-order valence-corrected chi connectivity index (χ3v) is 3.43. The van der Waals surface area contributed by atoms with E-state index >= 15 is 0 Å². The molecule has 2 rings (SSSR count). The Balaban J connectivity index is 2.52. The van der Waals surface area contributed by atoms with Crippen LogP contribution in [0.1, 0.15) is 24.2 Å². The van der Waals surface area contributed by atoms with E-state index in [0.29, 0.717) is 5.56 Å². The molecule has 1 atom stereocenters. The quantitative estimate of drug-likeness (QED) is 0.943. The highest BCUT2D eigenvalue weighted by Gasteiger charge is 2.22. The largest absolute Gasteiger partial charge is 0.305 e. The maximum atomic E-state index is 14.0. The van der Waals surface area contributed by atoms with Crippen molar-refractivity contribution >= 4 is 15.9 Å². The summed E-state index contributed by atoms with van der Waals surface area (Å²) in [7, 11) is 1.79. The summed E-state index contributed by atoms with van der Waals surface area (Å²) in [6.45, 7) is 2.70. The van der Waals surface area contributed by atoms with Gasteiger partial charge in [-0.3, -0.25) is 4.68 Å². The summed E-state index contributed by atoms with van der Waals surface area (Å²) in [5.41, 5.74) is 1.40. The van der Waals surface area contributed by atoms with Crippen molar-refractivity contribution in [3.63, 3.8) is 0 Å². The van der Waals surface area contributed by atoms with Crippen LogP contribution in [0.25, 0.3) is 0 Å². The Morgan fingerprint density at radius 3 is 2.83 bits per heavy atom. The van der Waals surface area contributed by atoms with Gasteiger partial charge in [0.2, 0.25) is 0 Å². The molecule has 0 fully saturated rings. The molecular formula is C12H14BrFN4. The van der Waals surface area contributed by atoms with Crippen LogP contribution in [-0.4, -0.2) is 21.5 Å². The van der Waals surface area contributed by atoms with Gasteiger partial charge in [0.25, 0.3) is 0 Å². The van der Waals surface area contributed by atoms with E-state index in [1.165, 1.54) is 6.07 Å². The van der Waals surface area contributed by atoms with Crippen LogP contribution in [0.2, 0.25) is 0 Å². The molecule has 0 aliphatic rings. The molecule has 4 nitrogen and oxygen atoms in total. The normalized spacial score (nSPS) is 12.7. The van der Waals surface area contributed by atoms with E-state index in [1.54, 1.807) is 24.0 Å². The summed E-state index contributed by atoms with van der Waals surface area (Å²) < 4.78 is 16.4. The molecule has 0 aliphatic carbocycles. The first-order chi connectivity index (χ1) is 8.65. The van der Waals surface area contributed by atoms with Gasteiger partial charge in [0, 0.05) is 17.1 Å². The average Bonchev–Trinajstić information content (AvgIpc) is 2.74. The summed E-state index contributed by atoms with van der Waals surface area (Å²) >= 11 is 3.40. The lowest BCUT2D eigenvalue weighted by Crippen LogP contribution is -2.25. The van der Waals surface area contributed by atoms with Crippen molar-refractivity contribution < 1.29 is 4.39 Å². The zero-order valence-electron chi connectivity index (χ0n) is 10.2. The molecule has 1 aromatic heterocycles. The van der Waals surface area contributed by atoms with Crippen molar-refractivity contribution in [2.24, 2.45) is 7.05 Å². The zero-order chi connectivity index (χ0) is 13.1. The van der Waals surface area contributed by atoms with Crippen LogP contribution in [-0.2, 0) is 7.05 Å². The van der Waals surface area contributed by atoms with Gasteiger partial charge in [0.1, 0.15) is 5.82 Å². The standard InChI is InChI=1S/C12H14BrFN4/c1-3-15-12(10-7-16-17-18(10)2)11-8(13)5-4-6-9(11)14/h4-7,12,15H,3H2,1-2H3. The number of halogens is 2. The Kier molecular flexibility index (Phi) is 4.08. The molecule has 0 bridgehead atoms. The molecule has 2 aromatic rings. The third kappa shape index (κ3) is 2.44. The fourth-order valence-corrected chi connectivity index (χ4v) is 2.48. The number of hydrogen-bond donors (Lipinski definition) is 1. The number of benzene rings is 1. The van der Waals surface area contributed by atoms with E-state index in [1.807, 2.05) is 13.0 Å². The number of hydrogen-bond acceptors (Lipinski definition) is 3. The van der Waals surface area contributed by atoms with Gasteiger partial charge in [-0.1, -0.05) is 34.1 Å². The van der Waals surface area contributed by atoms with Gasteiger partial charge in [-0.2, -0.15) is 0 Å². The minimum absolute atomic E-state index is 0.253. The third-order valence-electron chi connectivity index (χ3n) is 2.74. The second kappa shape index (κ2) is 5.58. The van der Waals surface area contributed by atoms with Gasteiger partial charge in [0.15, 0.2) is 0 Å². The number of nitrogens with zero attached hydrogens (tertiary/aromatic N) is 3. The first-order valence-electron chi connectivity index (χ1n) is 5.67. The highest BCUT2D eigenvalue weighted by Crippen LogP contribution is 2.30. The number of aryl methyl sites for hydroxylation is 1. The molecule has 1 heterocycles. The Hall–Kier alpha value is -1.27. The van der Waals surface area contributed by atoms with Crippen LogP contribution in [0.15, 0.2) is 28.9 Å². The molecule has 0 amide bonds.